The summed E-state index contributed by atoms with van der Waals surface area (Å²) in [6, 6.07) is 0. The van der Waals surface area contributed by atoms with Gasteiger partial charge in [0.05, 0.1) is 19.8 Å². The van der Waals surface area contributed by atoms with Gasteiger partial charge >= 0.3 is 5.97 Å². The van der Waals surface area contributed by atoms with E-state index in [9.17, 15) is 9.90 Å². The van der Waals surface area contributed by atoms with Crippen LogP contribution in [0, 0.1) is 0 Å². The van der Waals surface area contributed by atoms with E-state index in [0.717, 1.165) is 12.2 Å². The van der Waals surface area contributed by atoms with Crippen LogP contribution in [-0.4, -0.2) is 48.2 Å². The molecule has 0 bridgehead atoms. The van der Waals surface area contributed by atoms with Gasteiger partial charge in [-0.15, -0.1) is 0 Å². The lowest BCUT2D eigenvalue weighted by molar-refractivity contribution is -0.158. The SMILES string of the molecule is C=CC(O)(C=C)C(=O)OCCOCCO. The Kier molecular flexibility index (Phi) is 6.61. The van der Waals surface area contributed by atoms with E-state index in [-0.39, 0.29) is 26.4 Å². The zero-order chi connectivity index (χ0) is 11.7. The summed E-state index contributed by atoms with van der Waals surface area (Å²) in [5, 5.41) is 17.9. The molecule has 0 aromatic rings. The lowest BCUT2D eigenvalue weighted by atomic mass is 10.1. The van der Waals surface area contributed by atoms with Crippen LogP contribution in [0.4, 0.5) is 0 Å². The average molecular weight is 216 g/mol. The number of aliphatic hydroxyl groups excluding tert-OH is 1. The predicted octanol–water partition coefficient (Wildman–Crippen LogP) is -0.358. The summed E-state index contributed by atoms with van der Waals surface area (Å²) in [7, 11) is 0. The summed E-state index contributed by atoms with van der Waals surface area (Å²) in [5.41, 5.74) is -1.85. The lowest BCUT2D eigenvalue weighted by Crippen LogP contribution is -2.36. The van der Waals surface area contributed by atoms with Crippen molar-refractivity contribution in [3.63, 3.8) is 0 Å². The minimum absolute atomic E-state index is 0.00280. The normalized spacial score (nSPS) is 10.8. The van der Waals surface area contributed by atoms with E-state index in [1.165, 1.54) is 0 Å². The highest BCUT2D eigenvalue weighted by atomic mass is 16.6. The van der Waals surface area contributed by atoms with Crippen molar-refractivity contribution in [1.29, 1.82) is 0 Å². The third-order valence-corrected chi connectivity index (χ3v) is 1.65. The van der Waals surface area contributed by atoms with Crippen molar-refractivity contribution in [2.24, 2.45) is 0 Å². The van der Waals surface area contributed by atoms with Crippen molar-refractivity contribution in [3.05, 3.63) is 25.3 Å². The number of aliphatic hydroxyl groups is 2. The molecule has 5 heteroatoms. The van der Waals surface area contributed by atoms with Gasteiger partial charge in [0.25, 0.3) is 0 Å². The molecule has 0 aliphatic heterocycles. The molecule has 0 saturated heterocycles. The van der Waals surface area contributed by atoms with E-state index in [1.54, 1.807) is 0 Å². The number of carbonyl (C=O) groups excluding carboxylic acids is 1. The number of ether oxygens (including phenoxy) is 2. The molecule has 0 saturated carbocycles. The molecule has 86 valence electrons. The first-order valence-corrected chi connectivity index (χ1v) is 4.46. The largest absolute Gasteiger partial charge is 0.461 e. The van der Waals surface area contributed by atoms with Crippen molar-refractivity contribution in [2.75, 3.05) is 26.4 Å². The van der Waals surface area contributed by atoms with Crippen LogP contribution in [0.5, 0.6) is 0 Å². The number of hydrogen-bond donors (Lipinski definition) is 2. The molecule has 0 atom stereocenters. The minimum Gasteiger partial charge on any atom is -0.461 e. The maximum absolute atomic E-state index is 11.2. The van der Waals surface area contributed by atoms with Gasteiger partial charge in [0.2, 0.25) is 0 Å². The van der Waals surface area contributed by atoms with Gasteiger partial charge in [-0.3, -0.25) is 0 Å². The fourth-order valence-electron chi connectivity index (χ4n) is 0.726. The van der Waals surface area contributed by atoms with E-state index < -0.39 is 11.6 Å². The summed E-state index contributed by atoms with van der Waals surface area (Å²) in [5.74, 6) is -0.847. The van der Waals surface area contributed by atoms with Gasteiger partial charge in [0.15, 0.2) is 5.60 Å². The number of carbonyl (C=O) groups is 1. The minimum atomic E-state index is -1.85. The predicted molar refractivity (Wildman–Crippen MR) is 54.2 cm³/mol. The molecule has 0 amide bonds. The summed E-state index contributed by atoms with van der Waals surface area (Å²) in [4.78, 5) is 11.2. The van der Waals surface area contributed by atoms with Gasteiger partial charge in [-0.25, -0.2) is 4.79 Å². The van der Waals surface area contributed by atoms with Gasteiger partial charge in [0, 0.05) is 0 Å². The highest BCUT2D eigenvalue weighted by Crippen LogP contribution is 2.09. The van der Waals surface area contributed by atoms with Crippen LogP contribution in [0.15, 0.2) is 25.3 Å². The highest BCUT2D eigenvalue weighted by molar-refractivity contribution is 5.84. The topological polar surface area (TPSA) is 76.0 Å². The van der Waals surface area contributed by atoms with Gasteiger partial charge in [-0.1, -0.05) is 13.2 Å². The first-order valence-electron chi connectivity index (χ1n) is 4.46. The molecule has 0 unspecified atom stereocenters. The van der Waals surface area contributed by atoms with E-state index in [4.69, 9.17) is 14.6 Å². The van der Waals surface area contributed by atoms with Crippen LogP contribution in [-0.2, 0) is 14.3 Å². The molecule has 0 heterocycles. The standard InChI is InChI=1S/C10H16O5/c1-3-10(13,4-2)9(12)15-8-7-14-6-5-11/h3-4,11,13H,1-2,5-8H2. The average Bonchev–Trinajstić information content (AvgIpc) is 2.27. The van der Waals surface area contributed by atoms with Crippen molar-refractivity contribution < 1.29 is 24.5 Å². The Morgan fingerprint density at radius 1 is 1.27 bits per heavy atom. The van der Waals surface area contributed by atoms with Crippen LogP contribution in [0.1, 0.15) is 0 Å². The number of rotatable bonds is 8. The highest BCUT2D eigenvalue weighted by Gasteiger charge is 2.30. The lowest BCUT2D eigenvalue weighted by Gasteiger charge is -2.17. The second-order valence-electron chi connectivity index (χ2n) is 2.71. The second kappa shape index (κ2) is 7.17. The van der Waals surface area contributed by atoms with E-state index in [2.05, 4.69) is 13.2 Å². The van der Waals surface area contributed by atoms with Crippen LogP contribution in [0.25, 0.3) is 0 Å². The molecule has 0 fully saturated rings. The fourth-order valence-corrected chi connectivity index (χ4v) is 0.726. The Balaban J connectivity index is 3.82. The zero-order valence-electron chi connectivity index (χ0n) is 8.52. The van der Waals surface area contributed by atoms with Crippen molar-refractivity contribution in [1.82, 2.24) is 0 Å². The van der Waals surface area contributed by atoms with E-state index in [1.807, 2.05) is 0 Å². The molecule has 0 rings (SSSR count). The molecule has 0 radical (unpaired) electrons. The third-order valence-electron chi connectivity index (χ3n) is 1.65. The fraction of sp³-hybridized carbons (Fsp3) is 0.500. The molecular weight excluding hydrogens is 200 g/mol. The quantitative estimate of drug-likeness (QED) is 0.329. The molecule has 15 heavy (non-hydrogen) atoms. The van der Waals surface area contributed by atoms with Crippen LogP contribution >= 0.6 is 0 Å². The summed E-state index contributed by atoms with van der Waals surface area (Å²) >= 11 is 0. The first-order chi connectivity index (χ1) is 7.10. The Morgan fingerprint density at radius 2 is 1.87 bits per heavy atom. The second-order valence-corrected chi connectivity index (χ2v) is 2.71. The molecular formula is C10H16O5. The third kappa shape index (κ3) is 4.73. The van der Waals surface area contributed by atoms with Gasteiger partial charge < -0.3 is 19.7 Å². The molecule has 2 N–H and O–H groups in total. The van der Waals surface area contributed by atoms with Crippen LogP contribution in [0.2, 0.25) is 0 Å². The Morgan fingerprint density at radius 3 is 2.33 bits per heavy atom. The van der Waals surface area contributed by atoms with E-state index >= 15 is 0 Å². The monoisotopic (exact) mass is 216 g/mol. The number of hydrogen-bond acceptors (Lipinski definition) is 5. The Labute approximate surface area is 88.6 Å². The molecule has 0 spiro atoms. The Hall–Kier alpha value is -1.17. The zero-order valence-corrected chi connectivity index (χ0v) is 8.52. The molecule has 0 aliphatic rings. The summed E-state index contributed by atoms with van der Waals surface area (Å²) in [6.45, 7) is 6.86. The van der Waals surface area contributed by atoms with E-state index in [0.29, 0.717) is 0 Å². The maximum atomic E-state index is 11.2. The Bertz CT molecular complexity index is 216. The molecule has 0 aromatic carbocycles. The van der Waals surface area contributed by atoms with Gasteiger partial charge in [0.1, 0.15) is 6.61 Å². The molecule has 0 aromatic heterocycles. The van der Waals surface area contributed by atoms with Crippen molar-refractivity contribution in [3.8, 4) is 0 Å². The summed E-state index contributed by atoms with van der Waals surface area (Å²) < 4.78 is 9.55. The van der Waals surface area contributed by atoms with Crippen molar-refractivity contribution in [2.45, 2.75) is 5.60 Å². The molecule has 0 aliphatic carbocycles. The van der Waals surface area contributed by atoms with Crippen molar-refractivity contribution >= 4 is 5.97 Å². The smallest absolute Gasteiger partial charge is 0.346 e. The maximum Gasteiger partial charge on any atom is 0.346 e. The van der Waals surface area contributed by atoms with Gasteiger partial charge in [-0.05, 0) is 12.2 Å². The van der Waals surface area contributed by atoms with Crippen LogP contribution < -0.4 is 0 Å². The van der Waals surface area contributed by atoms with Gasteiger partial charge in [-0.2, -0.15) is 0 Å². The van der Waals surface area contributed by atoms with Crippen LogP contribution in [0.3, 0.4) is 0 Å². The summed E-state index contributed by atoms with van der Waals surface area (Å²) in [6.07, 6.45) is 2.08. The first kappa shape index (κ1) is 13.8. The number of esters is 1. The molecule has 5 nitrogen and oxygen atoms in total.